The first-order chi connectivity index (χ1) is 16.4. The van der Waals surface area contributed by atoms with Gasteiger partial charge in [-0.25, -0.2) is 9.97 Å². The van der Waals surface area contributed by atoms with Crippen molar-refractivity contribution >= 4 is 49.7 Å². The summed E-state index contributed by atoms with van der Waals surface area (Å²) in [6.07, 6.45) is 0. The Morgan fingerprint density at radius 3 is 2.38 bits per heavy atom. The third-order valence-electron chi connectivity index (χ3n) is 5.42. The van der Waals surface area contributed by atoms with Gasteiger partial charge in [0, 0.05) is 29.5 Å². The van der Waals surface area contributed by atoms with Crippen molar-refractivity contribution in [2.45, 2.75) is 19.9 Å². The lowest BCUT2D eigenvalue weighted by atomic mass is 10.1. The largest absolute Gasteiger partial charge is 0.377 e. The van der Waals surface area contributed by atoms with Crippen LogP contribution in [0.3, 0.4) is 0 Å². The Morgan fingerprint density at radius 1 is 1.06 bits per heavy atom. The van der Waals surface area contributed by atoms with Crippen molar-refractivity contribution in [2.75, 3.05) is 35.3 Å². The van der Waals surface area contributed by atoms with Crippen LogP contribution in [0.1, 0.15) is 19.5 Å². The molecule has 34 heavy (non-hydrogen) atoms. The summed E-state index contributed by atoms with van der Waals surface area (Å²) in [5, 5.41) is 6.76. The lowest BCUT2D eigenvalue weighted by Gasteiger charge is -2.34. The van der Waals surface area contributed by atoms with Crippen LogP contribution in [0, 0.1) is 0 Å². The van der Waals surface area contributed by atoms with Crippen molar-refractivity contribution in [1.82, 2.24) is 9.97 Å². The molecule has 176 valence electrons. The molecular formula is C24H25N5O3S2. The second-order valence-corrected chi connectivity index (χ2v) is 9.36. The average Bonchev–Trinajstić information content (AvgIpc) is 2.84. The summed E-state index contributed by atoms with van der Waals surface area (Å²) in [6.45, 7) is 5.44. The maximum atomic E-state index is 11.6. The van der Waals surface area contributed by atoms with Crippen LogP contribution in [0.15, 0.2) is 60.7 Å². The molecule has 4 rings (SSSR count). The summed E-state index contributed by atoms with van der Waals surface area (Å²) in [6, 6.07) is 19.0. The Kier molecular flexibility index (Phi) is 7.51. The summed E-state index contributed by atoms with van der Waals surface area (Å²) >= 11 is 5.39. The molecule has 0 spiro atoms. The lowest BCUT2D eigenvalue weighted by Crippen LogP contribution is -2.44. The zero-order valence-corrected chi connectivity index (χ0v) is 20.5. The molecule has 10 heteroatoms. The van der Waals surface area contributed by atoms with E-state index >= 15 is 0 Å². The molecule has 0 bridgehead atoms. The minimum atomic E-state index is -2.37. The van der Waals surface area contributed by atoms with E-state index in [0.717, 1.165) is 16.9 Å². The molecule has 2 N–H and O–H groups in total. The number of benzene rings is 2. The molecule has 1 aromatic heterocycles. The fourth-order valence-corrected chi connectivity index (χ4v) is 4.07. The molecule has 2 heterocycles. The van der Waals surface area contributed by atoms with Crippen LogP contribution in [-0.2, 0) is 15.0 Å². The first-order valence-corrected chi connectivity index (χ1v) is 12.3. The summed E-state index contributed by atoms with van der Waals surface area (Å²) in [5.41, 5.74) is 2.84. The second-order valence-electron chi connectivity index (χ2n) is 7.87. The predicted octanol–water partition coefficient (Wildman–Crippen LogP) is 3.60. The molecule has 1 aliphatic heterocycles. The highest BCUT2D eigenvalue weighted by atomic mass is 32.2. The summed E-state index contributed by atoms with van der Waals surface area (Å²) in [5.74, 6) is 1.13. The van der Waals surface area contributed by atoms with E-state index in [9.17, 15) is 8.42 Å². The number of hydrogen-bond acceptors (Lipinski definition) is 7. The van der Waals surface area contributed by atoms with Gasteiger partial charge in [-0.15, -0.1) is 0 Å². The highest BCUT2D eigenvalue weighted by Gasteiger charge is 2.22. The molecule has 1 fully saturated rings. The summed E-state index contributed by atoms with van der Waals surface area (Å²) in [7, 11) is -2.37. The lowest BCUT2D eigenvalue weighted by molar-refractivity contribution is 0.0985. The molecule has 0 saturated carbocycles. The van der Waals surface area contributed by atoms with Crippen LogP contribution in [0.5, 0.6) is 0 Å². The van der Waals surface area contributed by atoms with Gasteiger partial charge in [-0.1, -0.05) is 18.2 Å². The number of ether oxygens (including phenoxy) is 1. The fraction of sp³-hybridized carbons (Fsp3) is 0.250. The Labute approximate surface area is 205 Å². The predicted molar refractivity (Wildman–Crippen MR) is 140 cm³/mol. The van der Waals surface area contributed by atoms with E-state index in [4.69, 9.17) is 21.9 Å². The van der Waals surface area contributed by atoms with Crippen LogP contribution in [-0.4, -0.2) is 54.2 Å². The molecule has 1 saturated heterocycles. The van der Waals surface area contributed by atoms with E-state index in [1.54, 1.807) is 6.07 Å². The van der Waals surface area contributed by atoms with Crippen molar-refractivity contribution in [3.63, 3.8) is 0 Å². The molecule has 0 amide bonds. The Balaban J connectivity index is 1.60. The first-order valence-electron chi connectivity index (χ1n) is 10.8. The van der Waals surface area contributed by atoms with Crippen LogP contribution in [0.2, 0.25) is 0 Å². The van der Waals surface area contributed by atoms with E-state index in [1.807, 2.05) is 54.6 Å². The van der Waals surface area contributed by atoms with Gasteiger partial charge in [-0.3, -0.25) is 0 Å². The SMILES string of the molecule is CC(c1cc(N2CCOC[C@@H]2C)nc(-c2ccc(NC(=S)Nc3ccccc3)cc2)n1)=S(=O)=O. The molecule has 0 aliphatic carbocycles. The van der Waals surface area contributed by atoms with E-state index in [1.165, 1.54) is 6.92 Å². The van der Waals surface area contributed by atoms with Crippen LogP contribution >= 0.6 is 12.2 Å². The third kappa shape index (κ3) is 5.77. The zero-order chi connectivity index (χ0) is 24.1. The number of anilines is 3. The quantitative estimate of drug-likeness (QED) is 0.406. The topological polar surface area (TPSA) is 96.4 Å². The van der Waals surface area contributed by atoms with E-state index < -0.39 is 10.3 Å². The molecule has 0 radical (unpaired) electrons. The van der Waals surface area contributed by atoms with Gasteiger partial charge in [-0.2, -0.15) is 8.42 Å². The Hall–Kier alpha value is -3.34. The number of rotatable bonds is 5. The van der Waals surface area contributed by atoms with Crippen molar-refractivity contribution in [3.05, 3.63) is 66.4 Å². The van der Waals surface area contributed by atoms with Crippen molar-refractivity contribution in [1.29, 1.82) is 0 Å². The minimum absolute atomic E-state index is 0.118. The molecule has 1 aliphatic rings. The first kappa shape index (κ1) is 23.8. The molecule has 1 atom stereocenters. The monoisotopic (exact) mass is 495 g/mol. The van der Waals surface area contributed by atoms with Gasteiger partial charge in [0.1, 0.15) is 5.82 Å². The van der Waals surface area contributed by atoms with Crippen molar-refractivity contribution < 1.29 is 13.2 Å². The molecule has 3 aromatic rings. The number of hydrogen-bond donors (Lipinski definition) is 2. The van der Waals surface area contributed by atoms with Crippen molar-refractivity contribution in [2.24, 2.45) is 0 Å². The van der Waals surface area contributed by atoms with Gasteiger partial charge in [0.25, 0.3) is 0 Å². The molecule has 0 unspecified atom stereocenters. The van der Waals surface area contributed by atoms with Crippen LogP contribution in [0.4, 0.5) is 17.2 Å². The van der Waals surface area contributed by atoms with Gasteiger partial charge in [0.05, 0.1) is 29.8 Å². The number of nitrogens with one attached hydrogen (secondary N) is 2. The van der Waals surface area contributed by atoms with Gasteiger partial charge in [0.2, 0.25) is 10.3 Å². The minimum Gasteiger partial charge on any atom is -0.377 e. The normalized spacial score (nSPS) is 15.5. The smallest absolute Gasteiger partial charge is 0.219 e. The number of nitrogens with zero attached hydrogens (tertiary/aromatic N) is 3. The van der Waals surface area contributed by atoms with Gasteiger partial charge in [0.15, 0.2) is 10.9 Å². The molecular weight excluding hydrogens is 470 g/mol. The Morgan fingerprint density at radius 2 is 1.74 bits per heavy atom. The number of thiocarbonyl (C=S) groups is 1. The number of morpholine rings is 1. The standard InChI is InChI=1S/C24H25N5O3S2/c1-16-15-32-13-12-29(16)22-14-21(17(2)34(30)31)27-23(28-22)18-8-10-20(11-9-18)26-24(33)25-19-6-4-3-5-7-19/h3-11,14,16H,12-13,15H2,1-2H3,(H2,25,26,33)/t16-/m0/s1. The molecule has 8 nitrogen and oxygen atoms in total. The highest BCUT2D eigenvalue weighted by Crippen LogP contribution is 2.24. The van der Waals surface area contributed by atoms with Crippen molar-refractivity contribution in [3.8, 4) is 11.4 Å². The van der Waals surface area contributed by atoms with Crippen LogP contribution < -0.4 is 15.5 Å². The van der Waals surface area contributed by atoms with E-state index in [-0.39, 0.29) is 10.9 Å². The highest BCUT2D eigenvalue weighted by molar-refractivity contribution is 7.80. The maximum Gasteiger partial charge on any atom is 0.219 e. The van der Waals surface area contributed by atoms with Gasteiger partial charge < -0.3 is 20.3 Å². The summed E-state index contributed by atoms with van der Waals surface area (Å²) in [4.78, 5) is 11.6. The number of aromatic nitrogens is 2. The van der Waals surface area contributed by atoms with E-state index in [2.05, 4.69) is 27.4 Å². The zero-order valence-electron chi connectivity index (χ0n) is 18.9. The van der Waals surface area contributed by atoms with Gasteiger partial charge >= 0.3 is 0 Å². The van der Waals surface area contributed by atoms with Crippen LogP contribution in [0.25, 0.3) is 11.4 Å². The fourth-order valence-electron chi connectivity index (χ4n) is 3.56. The maximum absolute atomic E-state index is 11.6. The second kappa shape index (κ2) is 10.7. The van der Waals surface area contributed by atoms with E-state index in [0.29, 0.717) is 42.2 Å². The Bertz CT molecular complexity index is 1300. The molecule has 2 aromatic carbocycles. The van der Waals surface area contributed by atoms with Gasteiger partial charge in [-0.05, 0) is 62.5 Å². The number of para-hydroxylation sites is 1. The average molecular weight is 496 g/mol. The summed E-state index contributed by atoms with van der Waals surface area (Å²) < 4.78 is 28.8. The third-order valence-corrected chi connectivity index (χ3v) is 6.33.